The van der Waals surface area contributed by atoms with Gasteiger partial charge in [-0.3, -0.25) is 9.67 Å². The molecule has 0 atom stereocenters. The Bertz CT molecular complexity index is 1340. The fourth-order valence-corrected chi connectivity index (χ4v) is 5.40. The van der Waals surface area contributed by atoms with Crippen molar-refractivity contribution < 1.29 is 5.11 Å². The van der Waals surface area contributed by atoms with Crippen LogP contribution < -0.4 is 16.0 Å². The van der Waals surface area contributed by atoms with Crippen molar-refractivity contribution in [3.05, 3.63) is 54.4 Å². The number of pyridine rings is 1. The third-order valence-electron chi connectivity index (χ3n) is 7.36. The van der Waals surface area contributed by atoms with Crippen LogP contribution >= 0.6 is 0 Å². The second-order valence-corrected chi connectivity index (χ2v) is 9.49. The summed E-state index contributed by atoms with van der Waals surface area (Å²) in [5.41, 5.74) is 11.4. The maximum Gasteiger partial charge on any atom is 0.174 e. The van der Waals surface area contributed by atoms with Gasteiger partial charge < -0.3 is 21.1 Å². The summed E-state index contributed by atoms with van der Waals surface area (Å²) in [4.78, 5) is 7.13. The monoisotopic (exact) mass is 470 g/mol. The summed E-state index contributed by atoms with van der Waals surface area (Å²) in [6.07, 6.45) is 6.17. The first-order chi connectivity index (χ1) is 17.2. The maximum atomic E-state index is 10.3. The third kappa shape index (κ3) is 4.16. The number of para-hydroxylation sites is 1. The zero-order valence-electron chi connectivity index (χ0n) is 19.6. The van der Waals surface area contributed by atoms with Crippen LogP contribution in [0.4, 0.5) is 11.5 Å². The number of benzene rings is 1. The van der Waals surface area contributed by atoms with Crippen molar-refractivity contribution in [2.45, 2.75) is 37.6 Å². The van der Waals surface area contributed by atoms with Gasteiger partial charge in [-0.15, -0.1) is 10.2 Å². The van der Waals surface area contributed by atoms with Crippen molar-refractivity contribution in [1.29, 1.82) is 0 Å². The average Bonchev–Trinajstić information content (AvgIpc) is 3.25. The molecular formula is C26H30N8O. The smallest absolute Gasteiger partial charge is 0.174 e. The number of nitrogens with two attached hydrogens (primary N) is 1. The SMILES string of the molecule is Nc1nn(C2CCN(c3ccnc(C4CCNCC4)c3)CC2)c2cc(-c3ccccc3O)nnc12. The van der Waals surface area contributed by atoms with Gasteiger partial charge in [0, 0.05) is 42.1 Å². The molecule has 0 amide bonds. The van der Waals surface area contributed by atoms with Crippen molar-refractivity contribution >= 4 is 22.5 Å². The normalized spacial score (nSPS) is 17.8. The van der Waals surface area contributed by atoms with E-state index < -0.39 is 0 Å². The molecule has 2 fully saturated rings. The first-order valence-corrected chi connectivity index (χ1v) is 12.4. The molecule has 0 bridgehead atoms. The Kier molecular flexibility index (Phi) is 5.69. The van der Waals surface area contributed by atoms with Crippen LogP contribution in [0.2, 0.25) is 0 Å². The summed E-state index contributed by atoms with van der Waals surface area (Å²) in [7, 11) is 0. The van der Waals surface area contributed by atoms with E-state index in [1.807, 2.05) is 29.1 Å². The van der Waals surface area contributed by atoms with Gasteiger partial charge in [-0.1, -0.05) is 12.1 Å². The second-order valence-electron chi connectivity index (χ2n) is 9.49. The highest BCUT2D eigenvalue weighted by Gasteiger charge is 2.26. The highest BCUT2D eigenvalue weighted by atomic mass is 16.3. The highest BCUT2D eigenvalue weighted by Crippen LogP contribution is 2.34. The van der Waals surface area contributed by atoms with Crippen LogP contribution in [0.3, 0.4) is 0 Å². The summed E-state index contributed by atoms with van der Waals surface area (Å²) in [6.45, 7) is 4.01. The van der Waals surface area contributed by atoms with E-state index in [0.29, 0.717) is 28.5 Å². The van der Waals surface area contributed by atoms with E-state index in [0.717, 1.165) is 57.4 Å². The fraction of sp³-hybridized carbons (Fsp3) is 0.385. The van der Waals surface area contributed by atoms with Gasteiger partial charge >= 0.3 is 0 Å². The van der Waals surface area contributed by atoms with Crippen LogP contribution in [0, 0.1) is 0 Å². The molecule has 2 saturated heterocycles. The molecule has 0 aliphatic carbocycles. The molecule has 2 aliphatic heterocycles. The Balaban J connectivity index is 1.22. The minimum absolute atomic E-state index is 0.176. The van der Waals surface area contributed by atoms with Gasteiger partial charge in [-0.25, -0.2) is 0 Å². The molecule has 4 N–H and O–H groups in total. The standard InChI is InChI=1S/C26H30N8O/c27-26-25-23(16-22(30-31-25)20-3-1-2-4-24(20)35)34(32-26)18-8-13-33(14-9-18)19-7-12-29-21(15-19)17-5-10-28-11-6-17/h1-4,7,12,15-18,28,35H,5-6,8-11,13-14H2,(H2,27,32). The summed E-state index contributed by atoms with van der Waals surface area (Å²) >= 11 is 0. The highest BCUT2D eigenvalue weighted by molar-refractivity contribution is 5.87. The van der Waals surface area contributed by atoms with Crippen LogP contribution in [0.1, 0.15) is 43.3 Å². The number of hydrogen-bond donors (Lipinski definition) is 3. The van der Waals surface area contributed by atoms with Gasteiger partial charge in [0.15, 0.2) is 11.3 Å². The van der Waals surface area contributed by atoms with Crippen LogP contribution in [-0.2, 0) is 0 Å². The Labute approximate surface area is 204 Å². The first-order valence-electron chi connectivity index (χ1n) is 12.4. The Morgan fingerprint density at radius 3 is 2.57 bits per heavy atom. The minimum atomic E-state index is 0.176. The number of nitrogens with zero attached hydrogens (tertiary/aromatic N) is 6. The van der Waals surface area contributed by atoms with Gasteiger partial charge in [-0.2, -0.15) is 5.10 Å². The van der Waals surface area contributed by atoms with E-state index in [9.17, 15) is 5.11 Å². The molecule has 0 radical (unpaired) electrons. The lowest BCUT2D eigenvalue weighted by molar-refractivity contribution is 0.377. The predicted octanol–water partition coefficient (Wildman–Crippen LogP) is 3.48. The molecule has 9 heteroatoms. The van der Waals surface area contributed by atoms with Crippen LogP contribution in [-0.4, -0.2) is 56.2 Å². The van der Waals surface area contributed by atoms with E-state index in [-0.39, 0.29) is 11.8 Å². The second kappa shape index (κ2) is 9.14. The van der Waals surface area contributed by atoms with E-state index in [4.69, 9.17) is 5.73 Å². The Hall–Kier alpha value is -3.72. The molecule has 1 aromatic carbocycles. The van der Waals surface area contributed by atoms with Gasteiger partial charge in [0.05, 0.1) is 17.3 Å². The maximum absolute atomic E-state index is 10.3. The molecule has 4 aromatic rings. The lowest BCUT2D eigenvalue weighted by atomic mass is 9.93. The van der Waals surface area contributed by atoms with E-state index in [2.05, 4.69) is 42.6 Å². The van der Waals surface area contributed by atoms with Gasteiger partial charge in [0.1, 0.15) is 5.75 Å². The number of aromatic hydroxyl groups is 1. The average molecular weight is 471 g/mol. The number of phenolic OH excluding ortho intramolecular Hbond substituents is 1. The lowest BCUT2D eigenvalue weighted by Crippen LogP contribution is -2.35. The van der Waals surface area contributed by atoms with E-state index >= 15 is 0 Å². The number of nitrogen functional groups attached to an aromatic ring is 1. The van der Waals surface area contributed by atoms with Crippen molar-refractivity contribution in [2.24, 2.45) is 0 Å². The number of nitrogens with one attached hydrogen (secondary N) is 1. The third-order valence-corrected chi connectivity index (χ3v) is 7.36. The molecule has 3 aromatic heterocycles. The summed E-state index contributed by atoms with van der Waals surface area (Å²) in [6, 6.07) is 13.7. The number of phenols is 1. The van der Waals surface area contributed by atoms with Crippen molar-refractivity contribution in [2.75, 3.05) is 36.8 Å². The molecule has 0 unspecified atom stereocenters. The molecule has 35 heavy (non-hydrogen) atoms. The molecule has 0 saturated carbocycles. The number of hydrogen-bond acceptors (Lipinski definition) is 8. The number of piperidine rings is 2. The largest absolute Gasteiger partial charge is 0.507 e. The summed E-state index contributed by atoms with van der Waals surface area (Å²) < 4.78 is 2.01. The van der Waals surface area contributed by atoms with Gasteiger partial charge in [0.25, 0.3) is 0 Å². The summed E-state index contributed by atoms with van der Waals surface area (Å²) in [5.74, 6) is 1.11. The quantitative estimate of drug-likeness (QED) is 0.415. The van der Waals surface area contributed by atoms with E-state index in [1.54, 1.807) is 12.1 Å². The molecule has 6 rings (SSSR count). The minimum Gasteiger partial charge on any atom is -0.507 e. The lowest BCUT2D eigenvalue weighted by Gasteiger charge is -2.34. The van der Waals surface area contributed by atoms with Crippen LogP contribution in [0.5, 0.6) is 5.75 Å². The van der Waals surface area contributed by atoms with Gasteiger partial charge in [0.2, 0.25) is 0 Å². The first kappa shape index (κ1) is 21.8. The molecule has 180 valence electrons. The molecule has 9 nitrogen and oxygen atoms in total. The molecule has 5 heterocycles. The van der Waals surface area contributed by atoms with Crippen molar-refractivity contribution in [3.63, 3.8) is 0 Å². The summed E-state index contributed by atoms with van der Waals surface area (Å²) in [5, 5.41) is 27.0. The zero-order valence-corrected chi connectivity index (χ0v) is 19.6. The number of fused-ring (bicyclic) bond motifs is 1. The van der Waals surface area contributed by atoms with Crippen LogP contribution in [0.25, 0.3) is 22.3 Å². The van der Waals surface area contributed by atoms with E-state index in [1.165, 1.54) is 11.4 Å². The Morgan fingerprint density at radius 1 is 0.971 bits per heavy atom. The van der Waals surface area contributed by atoms with Crippen molar-refractivity contribution in [3.8, 4) is 17.0 Å². The fourth-order valence-electron chi connectivity index (χ4n) is 5.40. The molecule has 2 aliphatic rings. The zero-order chi connectivity index (χ0) is 23.8. The number of rotatable bonds is 4. The molecular weight excluding hydrogens is 440 g/mol. The van der Waals surface area contributed by atoms with Crippen LogP contribution in [0.15, 0.2) is 48.7 Å². The van der Waals surface area contributed by atoms with Crippen molar-refractivity contribution in [1.82, 2.24) is 30.3 Å². The number of anilines is 2. The molecule has 0 spiro atoms. The van der Waals surface area contributed by atoms with Gasteiger partial charge in [-0.05, 0) is 69.1 Å². The predicted molar refractivity (Wildman–Crippen MR) is 136 cm³/mol. The topological polar surface area (TPSA) is 118 Å². The number of aromatic nitrogens is 5. The Morgan fingerprint density at radius 2 is 1.77 bits per heavy atom.